The van der Waals surface area contributed by atoms with Crippen LogP contribution in [0.15, 0.2) is 66.2 Å². The molecule has 0 spiro atoms. The first-order valence-corrected chi connectivity index (χ1v) is 9.46. The molecule has 0 bridgehead atoms. The predicted octanol–water partition coefficient (Wildman–Crippen LogP) is 4.02. The van der Waals surface area contributed by atoms with E-state index in [0.29, 0.717) is 11.3 Å². The summed E-state index contributed by atoms with van der Waals surface area (Å²) >= 11 is 0. The van der Waals surface area contributed by atoms with Crippen LogP contribution in [0.1, 0.15) is 48.0 Å². The average Bonchev–Trinajstić information content (AvgIpc) is 3.00. The summed E-state index contributed by atoms with van der Waals surface area (Å²) < 4.78 is 0. The molecule has 4 heteroatoms. The van der Waals surface area contributed by atoms with Crippen molar-refractivity contribution in [3.05, 3.63) is 77.4 Å². The Balaban J connectivity index is 1.87. The quantitative estimate of drug-likeness (QED) is 0.471. The number of ketones is 2. The zero-order chi connectivity index (χ0) is 18.8. The van der Waals surface area contributed by atoms with Crippen molar-refractivity contribution in [2.45, 2.75) is 38.1 Å². The molecule has 0 radical (unpaired) electrons. The highest BCUT2D eigenvalue weighted by Crippen LogP contribution is 2.37. The van der Waals surface area contributed by atoms with Gasteiger partial charge in [-0.05, 0) is 18.4 Å². The third-order valence-corrected chi connectivity index (χ3v) is 5.37. The van der Waals surface area contributed by atoms with Gasteiger partial charge < -0.3 is 4.90 Å². The molecule has 0 saturated heterocycles. The maximum Gasteiger partial charge on any atom is 0.299 e. The smallest absolute Gasteiger partial charge is 0.299 e. The van der Waals surface area contributed by atoms with Gasteiger partial charge >= 0.3 is 0 Å². The molecule has 1 aliphatic heterocycles. The van der Waals surface area contributed by atoms with Crippen LogP contribution in [0.5, 0.6) is 0 Å². The Kier molecular flexibility index (Phi) is 4.71. The molecule has 0 N–H and O–H groups in total. The number of rotatable bonds is 4. The third kappa shape index (κ3) is 3.12. The minimum absolute atomic E-state index is 0.00275. The summed E-state index contributed by atoms with van der Waals surface area (Å²) in [6.07, 6.45) is 4.94. The molecule has 2 aliphatic rings. The predicted molar refractivity (Wildman–Crippen MR) is 103 cm³/mol. The monoisotopic (exact) mass is 359 g/mol. The highest BCUT2D eigenvalue weighted by Gasteiger charge is 2.45. The second-order valence-electron chi connectivity index (χ2n) is 7.08. The summed E-state index contributed by atoms with van der Waals surface area (Å²) in [5.74, 6) is -1.64. The van der Waals surface area contributed by atoms with Gasteiger partial charge in [-0.3, -0.25) is 14.4 Å². The molecule has 0 aromatic heterocycles. The van der Waals surface area contributed by atoms with E-state index in [9.17, 15) is 14.4 Å². The number of carbonyl (C=O) groups excluding carboxylic acids is 3. The summed E-state index contributed by atoms with van der Waals surface area (Å²) in [5.41, 5.74) is 1.64. The molecule has 0 atom stereocenters. The molecule has 1 aliphatic carbocycles. The Hall–Kier alpha value is -3.01. The second-order valence-corrected chi connectivity index (χ2v) is 7.08. The lowest BCUT2D eigenvalue weighted by Crippen LogP contribution is -2.39. The Morgan fingerprint density at radius 2 is 1.41 bits per heavy atom. The van der Waals surface area contributed by atoms with E-state index in [1.54, 1.807) is 29.2 Å². The zero-order valence-corrected chi connectivity index (χ0v) is 15.1. The molecule has 1 saturated carbocycles. The Bertz CT molecular complexity index is 909. The molecule has 0 unspecified atom stereocenters. The minimum Gasteiger partial charge on any atom is -0.301 e. The van der Waals surface area contributed by atoms with Crippen molar-refractivity contribution in [3.63, 3.8) is 0 Å². The summed E-state index contributed by atoms with van der Waals surface area (Å²) in [6, 6.07) is 18.0. The van der Waals surface area contributed by atoms with Crippen LogP contribution in [0, 0.1) is 0 Å². The van der Waals surface area contributed by atoms with Gasteiger partial charge in [0.15, 0.2) is 5.78 Å². The SMILES string of the molecule is O=C1C(=O)N(C2CCCCC2)C(c2ccccc2)=C1C(=O)c1ccccc1. The van der Waals surface area contributed by atoms with Crippen LogP contribution in [-0.4, -0.2) is 28.4 Å². The van der Waals surface area contributed by atoms with Crippen LogP contribution in [0.25, 0.3) is 5.70 Å². The largest absolute Gasteiger partial charge is 0.301 e. The maximum atomic E-state index is 13.2. The van der Waals surface area contributed by atoms with Crippen molar-refractivity contribution in [1.82, 2.24) is 4.90 Å². The van der Waals surface area contributed by atoms with Gasteiger partial charge in [0.25, 0.3) is 11.7 Å². The molecule has 27 heavy (non-hydrogen) atoms. The Morgan fingerprint density at radius 1 is 0.815 bits per heavy atom. The van der Waals surface area contributed by atoms with Crippen molar-refractivity contribution < 1.29 is 14.4 Å². The topological polar surface area (TPSA) is 54.5 Å². The second kappa shape index (κ2) is 7.31. The van der Waals surface area contributed by atoms with E-state index in [2.05, 4.69) is 0 Å². The van der Waals surface area contributed by atoms with Crippen LogP contribution < -0.4 is 0 Å². The number of Topliss-reactive ketones (excluding diaryl/α,β-unsaturated/α-hetero) is 2. The first kappa shape index (κ1) is 17.4. The number of carbonyl (C=O) groups is 3. The van der Waals surface area contributed by atoms with E-state index < -0.39 is 11.7 Å². The lowest BCUT2D eigenvalue weighted by Gasteiger charge is -2.32. The van der Waals surface area contributed by atoms with E-state index in [1.165, 1.54) is 0 Å². The summed E-state index contributed by atoms with van der Waals surface area (Å²) in [7, 11) is 0. The normalized spacial score (nSPS) is 18.3. The summed E-state index contributed by atoms with van der Waals surface area (Å²) in [4.78, 5) is 40.6. The summed E-state index contributed by atoms with van der Waals surface area (Å²) in [6.45, 7) is 0. The number of hydrogen-bond donors (Lipinski definition) is 0. The summed E-state index contributed by atoms with van der Waals surface area (Å²) in [5, 5.41) is 0. The highest BCUT2D eigenvalue weighted by atomic mass is 16.2. The van der Waals surface area contributed by atoms with E-state index in [4.69, 9.17) is 0 Å². The maximum absolute atomic E-state index is 13.2. The van der Waals surface area contributed by atoms with Crippen LogP contribution in [0.3, 0.4) is 0 Å². The van der Waals surface area contributed by atoms with Crippen molar-refractivity contribution >= 4 is 23.2 Å². The fourth-order valence-electron chi connectivity index (χ4n) is 4.06. The molecular weight excluding hydrogens is 338 g/mol. The number of hydrogen-bond acceptors (Lipinski definition) is 3. The van der Waals surface area contributed by atoms with Gasteiger partial charge in [0.1, 0.15) is 5.57 Å². The first-order valence-electron chi connectivity index (χ1n) is 9.46. The molecule has 136 valence electrons. The van der Waals surface area contributed by atoms with Crippen LogP contribution in [-0.2, 0) is 9.59 Å². The highest BCUT2D eigenvalue weighted by molar-refractivity contribution is 6.56. The van der Waals surface area contributed by atoms with Gasteiger partial charge in [-0.15, -0.1) is 0 Å². The lowest BCUT2D eigenvalue weighted by atomic mass is 9.93. The zero-order valence-electron chi connectivity index (χ0n) is 15.1. The standard InChI is InChI=1S/C23H21NO3/c25-21(17-12-6-2-7-13-17)19-20(16-10-4-1-5-11-16)24(23(27)22(19)26)18-14-8-3-9-15-18/h1-2,4-7,10-13,18H,3,8-9,14-15H2. The number of nitrogens with zero attached hydrogens (tertiary/aromatic N) is 1. The number of benzene rings is 2. The van der Waals surface area contributed by atoms with Crippen molar-refractivity contribution in [2.24, 2.45) is 0 Å². The average molecular weight is 359 g/mol. The molecule has 1 fully saturated rings. The molecule has 1 heterocycles. The first-order chi connectivity index (χ1) is 13.2. The van der Waals surface area contributed by atoms with Gasteiger partial charge in [0.2, 0.25) is 0 Å². The van der Waals surface area contributed by atoms with Crippen LogP contribution >= 0.6 is 0 Å². The van der Waals surface area contributed by atoms with E-state index in [1.807, 2.05) is 36.4 Å². The lowest BCUT2D eigenvalue weighted by molar-refractivity contribution is -0.140. The van der Waals surface area contributed by atoms with Gasteiger partial charge in [-0.1, -0.05) is 79.9 Å². The molecule has 2 aromatic rings. The van der Waals surface area contributed by atoms with E-state index >= 15 is 0 Å². The van der Waals surface area contributed by atoms with Crippen LogP contribution in [0.2, 0.25) is 0 Å². The third-order valence-electron chi connectivity index (χ3n) is 5.37. The van der Waals surface area contributed by atoms with Gasteiger partial charge in [-0.25, -0.2) is 0 Å². The Morgan fingerprint density at radius 3 is 2.04 bits per heavy atom. The molecule has 2 aromatic carbocycles. The van der Waals surface area contributed by atoms with Crippen molar-refractivity contribution in [2.75, 3.05) is 0 Å². The van der Waals surface area contributed by atoms with Crippen LogP contribution in [0.4, 0.5) is 0 Å². The molecule has 4 nitrogen and oxygen atoms in total. The van der Waals surface area contributed by atoms with E-state index in [-0.39, 0.29) is 17.4 Å². The molecule has 4 rings (SSSR count). The molecule has 1 amide bonds. The van der Waals surface area contributed by atoms with Gasteiger partial charge in [0, 0.05) is 11.6 Å². The fourth-order valence-corrected chi connectivity index (χ4v) is 4.06. The van der Waals surface area contributed by atoms with Gasteiger partial charge in [-0.2, -0.15) is 0 Å². The van der Waals surface area contributed by atoms with E-state index in [0.717, 1.165) is 37.7 Å². The minimum atomic E-state index is -0.687. The van der Waals surface area contributed by atoms with Gasteiger partial charge in [0.05, 0.1) is 5.70 Å². The number of amides is 1. The van der Waals surface area contributed by atoms with Crippen molar-refractivity contribution in [3.8, 4) is 0 Å². The van der Waals surface area contributed by atoms with Crippen molar-refractivity contribution in [1.29, 1.82) is 0 Å². The Labute approximate surface area is 158 Å². The molecular formula is C23H21NO3. The fraction of sp³-hybridized carbons (Fsp3) is 0.261.